The average molecular weight is 445 g/mol. The number of carbonyl (C=O) groups excluding carboxylic acids is 1. The van der Waals surface area contributed by atoms with E-state index in [-0.39, 0.29) is 29.4 Å². The zero-order valence-corrected chi connectivity index (χ0v) is 18.7. The van der Waals surface area contributed by atoms with E-state index in [1.54, 1.807) is 18.0 Å². The standard InChI is InChI=1S/C22H28FN5O4/c1-22(2,3)32-21(29)27(4)16-8-6-15(7-9-16)26-20-12-18(24-13-25-20)17-10-5-14(23)11-19(17)28(30)31/h5,10-13,15-16H,6-9H2,1-4H3,(H,24,25,26). The van der Waals surface area contributed by atoms with E-state index >= 15 is 0 Å². The van der Waals surface area contributed by atoms with Crippen LogP contribution in [0.1, 0.15) is 46.5 Å². The molecular weight excluding hydrogens is 417 g/mol. The van der Waals surface area contributed by atoms with Gasteiger partial charge in [0.05, 0.1) is 22.2 Å². The van der Waals surface area contributed by atoms with E-state index in [0.717, 1.165) is 31.7 Å². The summed E-state index contributed by atoms with van der Waals surface area (Å²) in [5.41, 5.74) is -0.313. The van der Waals surface area contributed by atoms with Gasteiger partial charge >= 0.3 is 6.09 Å². The summed E-state index contributed by atoms with van der Waals surface area (Å²) in [5.74, 6) is -0.140. The van der Waals surface area contributed by atoms with E-state index in [4.69, 9.17) is 4.74 Å². The molecule has 0 radical (unpaired) electrons. The topological polar surface area (TPSA) is 110 Å². The van der Waals surface area contributed by atoms with Gasteiger partial charge in [-0.2, -0.15) is 0 Å². The molecule has 1 N–H and O–H groups in total. The lowest BCUT2D eigenvalue weighted by molar-refractivity contribution is -0.384. The Morgan fingerprint density at radius 3 is 2.53 bits per heavy atom. The molecule has 1 fully saturated rings. The van der Waals surface area contributed by atoms with Crippen LogP contribution in [0.25, 0.3) is 11.3 Å². The van der Waals surface area contributed by atoms with Crippen LogP contribution in [0.2, 0.25) is 0 Å². The van der Waals surface area contributed by atoms with Crippen molar-refractivity contribution in [3.05, 3.63) is 46.5 Å². The first-order valence-electron chi connectivity index (χ1n) is 10.5. The van der Waals surface area contributed by atoms with Crippen molar-refractivity contribution >= 4 is 17.6 Å². The van der Waals surface area contributed by atoms with Crippen LogP contribution in [0.5, 0.6) is 0 Å². The number of nitro benzene ring substituents is 1. The molecule has 1 heterocycles. The Morgan fingerprint density at radius 1 is 1.22 bits per heavy atom. The van der Waals surface area contributed by atoms with Gasteiger partial charge in [-0.25, -0.2) is 19.2 Å². The molecule has 1 amide bonds. The number of anilines is 1. The molecule has 0 atom stereocenters. The zero-order valence-electron chi connectivity index (χ0n) is 18.7. The van der Waals surface area contributed by atoms with Gasteiger partial charge in [0.25, 0.3) is 5.69 Å². The second kappa shape index (κ2) is 9.46. The molecule has 0 saturated heterocycles. The van der Waals surface area contributed by atoms with E-state index < -0.39 is 16.3 Å². The number of nitro groups is 1. The third-order valence-corrected chi connectivity index (χ3v) is 5.38. The van der Waals surface area contributed by atoms with Crippen LogP contribution in [0.15, 0.2) is 30.6 Å². The Hall–Kier alpha value is -3.30. The Morgan fingerprint density at radius 2 is 1.91 bits per heavy atom. The van der Waals surface area contributed by atoms with Gasteiger partial charge in [-0.1, -0.05) is 0 Å². The predicted molar refractivity (Wildman–Crippen MR) is 118 cm³/mol. The number of hydrogen-bond donors (Lipinski definition) is 1. The monoisotopic (exact) mass is 445 g/mol. The van der Waals surface area contributed by atoms with Gasteiger partial charge in [0.2, 0.25) is 0 Å². The summed E-state index contributed by atoms with van der Waals surface area (Å²) in [4.78, 5) is 33.0. The van der Waals surface area contributed by atoms with E-state index in [9.17, 15) is 19.3 Å². The highest BCUT2D eigenvalue weighted by molar-refractivity contribution is 5.72. The van der Waals surface area contributed by atoms with Gasteiger partial charge in [0, 0.05) is 25.2 Å². The molecule has 172 valence electrons. The number of carbonyl (C=O) groups is 1. The quantitative estimate of drug-likeness (QED) is 0.521. The highest BCUT2D eigenvalue weighted by Crippen LogP contribution is 2.31. The molecule has 0 bridgehead atoms. The first-order valence-corrected chi connectivity index (χ1v) is 10.5. The number of ether oxygens (including phenoxy) is 1. The number of nitrogens with zero attached hydrogens (tertiary/aromatic N) is 4. The molecule has 1 saturated carbocycles. The lowest BCUT2D eigenvalue weighted by Gasteiger charge is -2.35. The van der Waals surface area contributed by atoms with Crippen LogP contribution < -0.4 is 5.32 Å². The van der Waals surface area contributed by atoms with Crippen molar-refractivity contribution in [2.24, 2.45) is 0 Å². The molecular formula is C22H28FN5O4. The number of aromatic nitrogens is 2. The Kier molecular flexibility index (Phi) is 6.90. The first-order chi connectivity index (χ1) is 15.0. The van der Waals surface area contributed by atoms with Gasteiger partial charge in [-0.05, 0) is 58.6 Å². The van der Waals surface area contributed by atoms with Crippen LogP contribution in [-0.2, 0) is 4.74 Å². The summed E-state index contributed by atoms with van der Waals surface area (Å²) in [6.45, 7) is 5.53. The number of rotatable bonds is 5. The molecule has 9 nitrogen and oxygen atoms in total. The minimum Gasteiger partial charge on any atom is -0.444 e. The van der Waals surface area contributed by atoms with Crippen LogP contribution in [0.4, 0.5) is 20.7 Å². The Bertz CT molecular complexity index is 987. The average Bonchev–Trinajstić information content (AvgIpc) is 2.72. The normalized spacial score (nSPS) is 18.7. The van der Waals surface area contributed by atoms with E-state index in [1.807, 2.05) is 20.8 Å². The maximum atomic E-state index is 13.4. The number of amides is 1. The fourth-order valence-electron chi connectivity index (χ4n) is 3.76. The molecule has 10 heteroatoms. The van der Waals surface area contributed by atoms with Crippen LogP contribution in [0.3, 0.4) is 0 Å². The van der Waals surface area contributed by atoms with Crippen molar-refractivity contribution in [3.63, 3.8) is 0 Å². The minimum atomic E-state index is -0.680. The molecule has 0 spiro atoms. The molecule has 1 aromatic carbocycles. The lowest BCUT2D eigenvalue weighted by Crippen LogP contribution is -2.43. The molecule has 0 unspecified atom stereocenters. The van der Waals surface area contributed by atoms with Crippen molar-refractivity contribution in [3.8, 4) is 11.3 Å². The molecule has 1 aliphatic rings. The maximum Gasteiger partial charge on any atom is 0.410 e. The van der Waals surface area contributed by atoms with Crippen molar-refractivity contribution in [2.75, 3.05) is 12.4 Å². The van der Waals surface area contributed by atoms with Gasteiger partial charge in [0.1, 0.15) is 23.6 Å². The van der Waals surface area contributed by atoms with Gasteiger partial charge in [-0.15, -0.1) is 0 Å². The second-order valence-corrected chi connectivity index (χ2v) is 8.95. The molecule has 2 aromatic rings. The molecule has 1 aromatic heterocycles. The molecule has 1 aliphatic carbocycles. The number of halogens is 1. The molecule has 3 rings (SSSR count). The van der Waals surface area contributed by atoms with Crippen LogP contribution in [-0.4, -0.2) is 50.6 Å². The van der Waals surface area contributed by atoms with Gasteiger partial charge < -0.3 is 15.0 Å². The van der Waals surface area contributed by atoms with E-state index in [1.165, 1.54) is 18.5 Å². The summed E-state index contributed by atoms with van der Waals surface area (Å²) in [6.07, 6.45) is 4.29. The Labute approximate surface area is 186 Å². The second-order valence-electron chi connectivity index (χ2n) is 8.95. The summed E-state index contributed by atoms with van der Waals surface area (Å²) in [5, 5.41) is 14.7. The van der Waals surface area contributed by atoms with Crippen LogP contribution in [0, 0.1) is 15.9 Å². The largest absolute Gasteiger partial charge is 0.444 e. The van der Waals surface area contributed by atoms with Crippen molar-refractivity contribution in [1.82, 2.24) is 14.9 Å². The highest BCUT2D eigenvalue weighted by Gasteiger charge is 2.29. The van der Waals surface area contributed by atoms with Gasteiger partial charge in [0.15, 0.2) is 0 Å². The number of nitrogens with one attached hydrogen (secondary N) is 1. The SMILES string of the molecule is CN(C(=O)OC(C)(C)C)C1CCC(Nc2cc(-c3ccc(F)cc3[N+](=O)[O-])ncn2)CC1. The lowest BCUT2D eigenvalue weighted by atomic mass is 9.90. The maximum absolute atomic E-state index is 13.4. The number of benzene rings is 1. The number of hydrogen-bond acceptors (Lipinski definition) is 7. The summed E-state index contributed by atoms with van der Waals surface area (Å²) in [6, 6.07) is 5.26. The van der Waals surface area contributed by atoms with Crippen molar-refractivity contribution in [2.45, 2.75) is 64.1 Å². The molecule has 0 aliphatic heterocycles. The van der Waals surface area contributed by atoms with Crippen molar-refractivity contribution in [1.29, 1.82) is 0 Å². The fraction of sp³-hybridized carbons (Fsp3) is 0.500. The summed E-state index contributed by atoms with van der Waals surface area (Å²) >= 11 is 0. The third kappa shape index (κ3) is 5.89. The minimum absolute atomic E-state index is 0.103. The van der Waals surface area contributed by atoms with Gasteiger partial charge in [-0.3, -0.25) is 10.1 Å². The predicted octanol–water partition coefficient (Wildman–Crippen LogP) is 4.78. The molecule has 32 heavy (non-hydrogen) atoms. The van der Waals surface area contributed by atoms with Crippen LogP contribution >= 0.6 is 0 Å². The fourth-order valence-corrected chi connectivity index (χ4v) is 3.76. The first kappa shape index (κ1) is 23.4. The third-order valence-electron chi connectivity index (χ3n) is 5.38. The Balaban J connectivity index is 1.63. The van der Waals surface area contributed by atoms with Crippen molar-refractivity contribution < 1.29 is 18.8 Å². The zero-order chi connectivity index (χ0) is 23.5. The highest BCUT2D eigenvalue weighted by atomic mass is 19.1. The summed E-state index contributed by atoms with van der Waals surface area (Å²) < 4.78 is 18.9. The van der Waals surface area contributed by atoms with E-state index in [0.29, 0.717) is 11.5 Å². The van der Waals surface area contributed by atoms with E-state index in [2.05, 4.69) is 15.3 Å². The smallest absolute Gasteiger partial charge is 0.410 e. The summed E-state index contributed by atoms with van der Waals surface area (Å²) in [7, 11) is 1.76.